The standard InChI is InChI=1S/C5H8O2.C3H6O/c1-3-4(2)5(6)7;1-3(2)4/h3H,1-2H3,(H,6,7);1-2H3. The number of carboxylic acid groups (broad SMARTS) is 1. The minimum absolute atomic E-state index is 0.167. The van der Waals surface area contributed by atoms with E-state index in [1.807, 2.05) is 0 Å². The van der Waals surface area contributed by atoms with Gasteiger partial charge in [0.05, 0.1) is 0 Å². The molecule has 0 unspecified atom stereocenters. The molecule has 0 aliphatic carbocycles. The molecule has 0 aliphatic rings. The summed E-state index contributed by atoms with van der Waals surface area (Å²) in [5.74, 6) is -0.678. The molecule has 1 N–H and O–H groups in total. The lowest BCUT2D eigenvalue weighted by Crippen LogP contribution is -1.93. The first-order valence-electron chi connectivity index (χ1n) is 3.25. The van der Waals surface area contributed by atoms with Crippen LogP contribution in [0.4, 0.5) is 0 Å². The van der Waals surface area contributed by atoms with Crippen molar-refractivity contribution in [2.24, 2.45) is 0 Å². The fourth-order valence-electron chi connectivity index (χ4n) is 0.123. The zero-order valence-corrected chi connectivity index (χ0v) is 7.34. The van der Waals surface area contributed by atoms with Crippen molar-refractivity contribution >= 4 is 11.8 Å². The first kappa shape index (κ1) is 12.5. The normalized spacial score (nSPS) is 9.64. The first-order chi connectivity index (χ1) is 4.91. The van der Waals surface area contributed by atoms with Crippen LogP contribution in [0.3, 0.4) is 0 Å². The Balaban J connectivity index is 0. The van der Waals surface area contributed by atoms with Crippen molar-refractivity contribution in [1.29, 1.82) is 0 Å². The fraction of sp³-hybridized carbons (Fsp3) is 0.500. The number of carboxylic acids is 1. The van der Waals surface area contributed by atoms with Gasteiger partial charge in [0, 0.05) is 5.57 Å². The maximum atomic E-state index is 9.86. The summed E-state index contributed by atoms with van der Waals surface area (Å²) < 4.78 is 0. The number of hydrogen-bond acceptors (Lipinski definition) is 2. The molecular weight excluding hydrogens is 144 g/mol. The van der Waals surface area contributed by atoms with Crippen LogP contribution in [0.2, 0.25) is 0 Å². The molecule has 0 aliphatic heterocycles. The van der Waals surface area contributed by atoms with Crippen LogP contribution < -0.4 is 0 Å². The Morgan fingerprint density at radius 1 is 1.18 bits per heavy atom. The summed E-state index contributed by atoms with van der Waals surface area (Å²) in [7, 11) is 0. The second-order valence-corrected chi connectivity index (χ2v) is 2.19. The lowest BCUT2D eigenvalue weighted by atomic mass is 10.3. The van der Waals surface area contributed by atoms with Gasteiger partial charge in [-0.3, -0.25) is 0 Å². The largest absolute Gasteiger partial charge is 0.478 e. The highest BCUT2D eigenvalue weighted by molar-refractivity contribution is 5.85. The smallest absolute Gasteiger partial charge is 0.330 e. The summed E-state index contributed by atoms with van der Waals surface area (Å²) in [5, 5.41) is 8.11. The van der Waals surface area contributed by atoms with E-state index < -0.39 is 5.97 Å². The van der Waals surface area contributed by atoms with Crippen molar-refractivity contribution in [3.63, 3.8) is 0 Å². The molecule has 3 nitrogen and oxygen atoms in total. The topological polar surface area (TPSA) is 54.4 Å². The highest BCUT2D eigenvalue weighted by Gasteiger charge is 1.93. The van der Waals surface area contributed by atoms with Crippen LogP contribution in [0.1, 0.15) is 27.7 Å². The molecule has 0 spiro atoms. The summed E-state index contributed by atoms with van der Waals surface area (Å²) in [6.45, 7) is 6.31. The van der Waals surface area contributed by atoms with E-state index >= 15 is 0 Å². The molecule has 0 bridgehead atoms. The summed E-state index contributed by atoms with van der Waals surface area (Å²) in [4.78, 5) is 19.3. The zero-order valence-electron chi connectivity index (χ0n) is 7.34. The van der Waals surface area contributed by atoms with Crippen molar-refractivity contribution in [1.82, 2.24) is 0 Å². The molecule has 0 saturated heterocycles. The molecule has 0 fully saturated rings. The second kappa shape index (κ2) is 6.99. The van der Waals surface area contributed by atoms with E-state index in [1.165, 1.54) is 13.8 Å². The zero-order chi connectivity index (χ0) is 9.44. The maximum absolute atomic E-state index is 9.86. The Labute approximate surface area is 66.7 Å². The van der Waals surface area contributed by atoms with Gasteiger partial charge >= 0.3 is 5.97 Å². The molecule has 0 saturated carbocycles. The Kier molecular flexibility index (Phi) is 7.98. The highest BCUT2D eigenvalue weighted by Crippen LogP contribution is 1.87. The minimum Gasteiger partial charge on any atom is -0.478 e. The second-order valence-electron chi connectivity index (χ2n) is 2.19. The first-order valence-corrected chi connectivity index (χ1v) is 3.25. The van der Waals surface area contributed by atoms with Crippen LogP contribution in [0.5, 0.6) is 0 Å². The third-order valence-corrected chi connectivity index (χ3v) is 0.770. The SMILES string of the molecule is CC(C)=O.CC=C(C)C(=O)O. The third-order valence-electron chi connectivity index (χ3n) is 0.770. The Hall–Kier alpha value is -1.12. The van der Waals surface area contributed by atoms with Gasteiger partial charge in [-0.1, -0.05) is 6.08 Å². The van der Waals surface area contributed by atoms with Gasteiger partial charge in [-0.2, -0.15) is 0 Å². The Bertz CT molecular complexity index is 164. The van der Waals surface area contributed by atoms with Gasteiger partial charge in [-0.05, 0) is 27.7 Å². The number of allylic oxidation sites excluding steroid dienone is 1. The average molecular weight is 158 g/mol. The molecule has 64 valence electrons. The Morgan fingerprint density at radius 2 is 1.45 bits per heavy atom. The number of Topliss-reactive ketones (excluding diaryl/α,β-unsaturated/α-hetero) is 1. The van der Waals surface area contributed by atoms with Gasteiger partial charge in [-0.25, -0.2) is 4.79 Å². The number of carbonyl (C=O) groups is 2. The number of carbonyl (C=O) groups excluding carboxylic acids is 1. The van der Waals surface area contributed by atoms with Crippen molar-refractivity contribution in [3.8, 4) is 0 Å². The molecule has 3 heteroatoms. The van der Waals surface area contributed by atoms with Crippen molar-refractivity contribution in [3.05, 3.63) is 11.6 Å². The van der Waals surface area contributed by atoms with E-state index in [0.29, 0.717) is 5.57 Å². The molecule has 0 aromatic rings. The summed E-state index contributed by atoms with van der Waals surface area (Å²) in [5.41, 5.74) is 0.389. The summed E-state index contributed by atoms with van der Waals surface area (Å²) in [6.07, 6.45) is 1.56. The lowest BCUT2D eigenvalue weighted by molar-refractivity contribution is -0.132. The lowest BCUT2D eigenvalue weighted by Gasteiger charge is -1.84. The van der Waals surface area contributed by atoms with Crippen molar-refractivity contribution < 1.29 is 14.7 Å². The minimum atomic E-state index is -0.845. The molecular formula is C8H14O3. The van der Waals surface area contributed by atoms with E-state index in [2.05, 4.69) is 0 Å². The molecule has 0 aromatic carbocycles. The monoisotopic (exact) mass is 158 g/mol. The van der Waals surface area contributed by atoms with Gasteiger partial charge in [-0.15, -0.1) is 0 Å². The van der Waals surface area contributed by atoms with Crippen LogP contribution in [0.25, 0.3) is 0 Å². The van der Waals surface area contributed by atoms with Gasteiger partial charge in [0.25, 0.3) is 0 Å². The molecule has 0 rings (SSSR count). The van der Waals surface area contributed by atoms with Gasteiger partial charge in [0.1, 0.15) is 5.78 Å². The predicted molar refractivity (Wildman–Crippen MR) is 43.4 cm³/mol. The van der Waals surface area contributed by atoms with Crippen LogP contribution in [-0.4, -0.2) is 16.9 Å². The molecule has 11 heavy (non-hydrogen) atoms. The van der Waals surface area contributed by atoms with E-state index in [9.17, 15) is 9.59 Å². The van der Waals surface area contributed by atoms with Crippen LogP contribution in [-0.2, 0) is 9.59 Å². The van der Waals surface area contributed by atoms with Crippen molar-refractivity contribution in [2.45, 2.75) is 27.7 Å². The third kappa shape index (κ3) is 17.7. The van der Waals surface area contributed by atoms with E-state index in [1.54, 1.807) is 19.9 Å². The quantitative estimate of drug-likeness (QED) is 0.590. The van der Waals surface area contributed by atoms with Crippen LogP contribution in [0, 0.1) is 0 Å². The molecule has 0 amide bonds. The van der Waals surface area contributed by atoms with Crippen molar-refractivity contribution in [2.75, 3.05) is 0 Å². The van der Waals surface area contributed by atoms with E-state index in [0.717, 1.165) is 0 Å². The number of aliphatic carboxylic acids is 1. The number of ketones is 1. The average Bonchev–Trinajstić information content (AvgIpc) is 1.85. The molecule has 0 heterocycles. The highest BCUT2D eigenvalue weighted by atomic mass is 16.4. The molecule has 0 atom stereocenters. The summed E-state index contributed by atoms with van der Waals surface area (Å²) >= 11 is 0. The van der Waals surface area contributed by atoms with Gasteiger partial charge < -0.3 is 9.90 Å². The van der Waals surface area contributed by atoms with E-state index in [-0.39, 0.29) is 5.78 Å². The molecule has 0 radical (unpaired) electrons. The Morgan fingerprint density at radius 3 is 1.45 bits per heavy atom. The van der Waals surface area contributed by atoms with E-state index in [4.69, 9.17) is 5.11 Å². The summed E-state index contributed by atoms with van der Waals surface area (Å²) in [6, 6.07) is 0. The maximum Gasteiger partial charge on any atom is 0.330 e. The number of hydrogen-bond donors (Lipinski definition) is 1. The number of rotatable bonds is 1. The van der Waals surface area contributed by atoms with Crippen LogP contribution in [0.15, 0.2) is 11.6 Å². The predicted octanol–water partition coefficient (Wildman–Crippen LogP) is 1.63. The van der Waals surface area contributed by atoms with Gasteiger partial charge in [0.2, 0.25) is 0 Å². The molecule has 0 aromatic heterocycles. The fourth-order valence-corrected chi connectivity index (χ4v) is 0.123. The van der Waals surface area contributed by atoms with Gasteiger partial charge in [0.15, 0.2) is 0 Å². The van der Waals surface area contributed by atoms with Crippen LogP contribution >= 0.6 is 0 Å².